The zero-order valence-electron chi connectivity index (χ0n) is 35.3. The molecular formula is C43H83N5O8. The van der Waals surface area contributed by atoms with Crippen LogP contribution in [0.15, 0.2) is 0 Å². The fourth-order valence-corrected chi connectivity index (χ4v) is 7.83. The van der Waals surface area contributed by atoms with Crippen LogP contribution in [0.2, 0.25) is 0 Å². The van der Waals surface area contributed by atoms with Gasteiger partial charge < -0.3 is 42.2 Å². The maximum Gasteiger partial charge on any atom is 0.225 e. The first-order chi connectivity index (χ1) is 26.9. The van der Waals surface area contributed by atoms with Crippen LogP contribution in [-0.2, 0) is 23.9 Å². The Labute approximate surface area is 338 Å². The van der Waals surface area contributed by atoms with E-state index in [2.05, 4.69) is 13.8 Å². The van der Waals surface area contributed by atoms with Gasteiger partial charge in [-0.25, -0.2) is 0 Å². The van der Waals surface area contributed by atoms with E-state index in [1.165, 1.54) is 101 Å². The van der Waals surface area contributed by atoms with E-state index in [4.69, 9.17) is 27.7 Å². The number of amides is 2. The number of ketones is 2. The van der Waals surface area contributed by atoms with E-state index in [9.17, 15) is 34.5 Å². The van der Waals surface area contributed by atoms with Gasteiger partial charge >= 0.3 is 0 Å². The molecule has 1 aliphatic rings. The summed E-state index contributed by atoms with van der Waals surface area (Å²) in [5, 5.41) is 32.3. The third-order valence-electron chi connectivity index (χ3n) is 11.5. The van der Waals surface area contributed by atoms with Gasteiger partial charge in [-0.15, -0.1) is 0 Å². The van der Waals surface area contributed by atoms with Gasteiger partial charge in [-0.3, -0.25) is 24.9 Å². The number of aliphatic hydroxyl groups excluding tert-OH is 3. The molecule has 0 radical (unpaired) electrons. The van der Waals surface area contributed by atoms with Crippen molar-refractivity contribution in [3.05, 3.63) is 0 Å². The number of carbonyl (C=O) groups excluding carboxylic acids is 4. The van der Waals surface area contributed by atoms with Gasteiger partial charge in [0.15, 0.2) is 11.6 Å². The number of nitrogens with zero attached hydrogens (tertiary/aromatic N) is 1. The Morgan fingerprint density at radius 1 is 0.643 bits per heavy atom. The van der Waals surface area contributed by atoms with Crippen LogP contribution in [0.25, 0.3) is 0 Å². The molecule has 1 unspecified atom stereocenters. The molecule has 0 aliphatic carbocycles. The summed E-state index contributed by atoms with van der Waals surface area (Å²) in [5.74, 6) is -7.22. The molecule has 1 aliphatic heterocycles. The van der Waals surface area contributed by atoms with E-state index in [0.29, 0.717) is 12.8 Å². The number of Topliss-reactive ketones (excluding diaryl/α,β-unsaturated/α-hetero) is 2. The molecule has 13 heteroatoms. The number of rotatable bonds is 36. The smallest absolute Gasteiger partial charge is 0.225 e. The summed E-state index contributed by atoms with van der Waals surface area (Å²) in [6, 6.07) is -3.20. The van der Waals surface area contributed by atoms with Crippen LogP contribution in [0.1, 0.15) is 194 Å². The van der Waals surface area contributed by atoms with Crippen LogP contribution in [0, 0.1) is 5.92 Å². The third kappa shape index (κ3) is 19.6. The average Bonchev–Trinajstić information content (AvgIpc) is 3.18. The van der Waals surface area contributed by atoms with E-state index in [0.717, 1.165) is 51.4 Å². The molecule has 328 valence electrons. The molecule has 1 saturated heterocycles. The quantitative estimate of drug-likeness (QED) is 0.0240. The van der Waals surface area contributed by atoms with Crippen molar-refractivity contribution in [2.45, 2.75) is 230 Å². The number of unbranched alkanes of at least 4 members (excludes halogenated alkanes) is 23. The first kappa shape index (κ1) is 52.0. The van der Waals surface area contributed by atoms with Gasteiger partial charge in [0, 0.05) is 19.4 Å². The highest BCUT2D eigenvalue weighted by molar-refractivity contribution is 6.09. The summed E-state index contributed by atoms with van der Waals surface area (Å²) >= 11 is 0. The number of carbonyl (C=O) groups is 4. The van der Waals surface area contributed by atoms with Crippen molar-refractivity contribution in [1.82, 2.24) is 4.90 Å². The molecule has 7 atom stereocenters. The van der Waals surface area contributed by atoms with Crippen LogP contribution in [0.3, 0.4) is 0 Å². The monoisotopic (exact) mass is 798 g/mol. The van der Waals surface area contributed by atoms with Crippen molar-refractivity contribution in [3.63, 3.8) is 0 Å². The minimum atomic E-state index is -2.33. The number of nitrogens with two attached hydrogens (primary N) is 4. The highest BCUT2D eigenvalue weighted by Crippen LogP contribution is 2.36. The van der Waals surface area contributed by atoms with Crippen LogP contribution in [0.5, 0.6) is 0 Å². The van der Waals surface area contributed by atoms with E-state index >= 15 is 0 Å². The van der Waals surface area contributed by atoms with Crippen molar-refractivity contribution in [3.8, 4) is 0 Å². The number of aliphatic hydroxyl groups is 3. The van der Waals surface area contributed by atoms with Crippen molar-refractivity contribution in [2.75, 3.05) is 13.2 Å². The lowest BCUT2D eigenvalue weighted by atomic mass is 9.79. The van der Waals surface area contributed by atoms with Crippen molar-refractivity contribution in [2.24, 2.45) is 28.9 Å². The van der Waals surface area contributed by atoms with Gasteiger partial charge in [0.25, 0.3) is 0 Å². The van der Waals surface area contributed by atoms with E-state index < -0.39 is 72.2 Å². The van der Waals surface area contributed by atoms with Crippen LogP contribution in [-0.4, -0.2) is 93.0 Å². The van der Waals surface area contributed by atoms with Crippen LogP contribution < -0.4 is 22.9 Å². The second kappa shape index (κ2) is 31.0. The Bertz CT molecular complexity index is 1080. The highest BCUT2D eigenvalue weighted by Gasteiger charge is 2.60. The molecule has 56 heavy (non-hydrogen) atoms. The second-order valence-corrected chi connectivity index (χ2v) is 16.4. The summed E-state index contributed by atoms with van der Waals surface area (Å²) < 4.78 is 6.01. The Hall–Kier alpha value is -2.00. The molecule has 13 nitrogen and oxygen atoms in total. The highest BCUT2D eigenvalue weighted by atomic mass is 16.6. The second-order valence-electron chi connectivity index (χ2n) is 16.4. The number of hydrogen-bond acceptors (Lipinski definition) is 11. The summed E-state index contributed by atoms with van der Waals surface area (Å²) in [5.41, 5.74) is 24.1. The van der Waals surface area contributed by atoms with Crippen LogP contribution >= 0.6 is 0 Å². The molecular weight excluding hydrogens is 715 g/mol. The van der Waals surface area contributed by atoms with Gasteiger partial charge in [-0.1, -0.05) is 162 Å². The minimum absolute atomic E-state index is 0.0945. The zero-order chi connectivity index (χ0) is 41.8. The van der Waals surface area contributed by atoms with Crippen molar-refractivity contribution in [1.29, 1.82) is 0 Å². The molecule has 1 rings (SSSR count). The Morgan fingerprint density at radius 3 is 1.46 bits per heavy atom. The fourth-order valence-electron chi connectivity index (χ4n) is 7.83. The Morgan fingerprint density at radius 2 is 1.05 bits per heavy atom. The summed E-state index contributed by atoms with van der Waals surface area (Å²) in [4.78, 5) is 53.7. The lowest BCUT2D eigenvalue weighted by Gasteiger charge is -2.53. The maximum absolute atomic E-state index is 14.0. The standard InChI is InChI=1S/C43H83N5O8/c1-3-5-7-9-11-13-14-15-16-17-18-19-21-23-25-27-31-48(36(51)28-26-24-22-20-12-10-8-6-4-2)43(47)37(42(55)40(53)34(32-49)56-43)41(54)38(46)39(52)33(44)29-30-35(45)50/h33-34,37-38,40,42,49,53,55H,3-32,44,46-47H2,1-2H3,(H2,45,50)/t33-,34+,37+,38?,40+,42+,43-/m0/s1. The largest absolute Gasteiger partial charge is 0.394 e. The molecule has 0 aromatic carbocycles. The molecule has 0 saturated carbocycles. The molecule has 1 fully saturated rings. The summed E-state index contributed by atoms with van der Waals surface area (Å²) in [6.45, 7) is 3.78. The van der Waals surface area contributed by atoms with Crippen molar-refractivity contribution < 1.29 is 39.2 Å². The molecule has 1 heterocycles. The van der Waals surface area contributed by atoms with E-state index in [1.54, 1.807) is 0 Å². The fraction of sp³-hybridized carbons (Fsp3) is 0.907. The summed E-state index contributed by atoms with van der Waals surface area (Å²) in [7, 11) is 0. The molecule has 0 aromatic rings. The molecule has 11 N–H and O–H groups in total. The zero-order valence-corrected chi connectivity index (χ0v) is 35.3. The summed E-state index contributed by atoms with van der Waals surface area (Å²) in [6.07, 6.45) is 22.9. The van der Waals surface area contributed by atoms with E-state index in [-0.39, 0.29) is 25.8 Å². The molecule has 2 amide bonds. The van der Waals surface area contributed by atoms with E-state index in [1.807, 2.05) is 0 Å². The lowest BCUT2D eigenvalue weighted by Crippen LogP contribution is -2.76. The van der Waals surface area contributed by atoms with Gasteiger partial charge in [-0.2, -0.15) is 0 Å². The maximum atomic E-state index is 14.0. The normalized spacial score (nSPS) is 22.1. The SMILES string of the molecule is CCCCCCCCCCCCCCCCCCN(C(=O)CCCCCCCCCCC)[C@]1(N)O[C@H](CO)[C@@H](O)[C@H](O)[C@H]1C(=O)C(N)C(=O)[C@@H](N)CCC(N)=O. The molecule has 0 bridgehead atoms. The first-order valence-corrected chi connectivity index (χ1v) is 22.5. The third-order valence-corrected chi connectivity index (χ3v) is 11.5. The minimum Gasteiger partial charge on any atom is -0.394 e. The number of primary amides is 1. The number of hydrogen-bond donors (Lipinski definition) is 7. The topological polar surface area (TPSA) is 246 Å². The predicted molar refractivity (Wildman–Crippen MR) is 222 cm³/mol. The van der Waals surface area contributed by atoms with Gasteiger partial charge in [0.05, 0.1) is 18.8 Å². The van der Waals surface area contributed by atoms with Gasteiger partial charge in [-0.05, 0) is 19.3 Å². The Kier molecular flexibility index (Phi) is 28.8. The predicted octanol–water partition coefficient (Wildman–Crippen LogP) is 5.40. The van der Waals surface area contributed by atoms with Gasteiger partial charge in [0.1, 0.15) is 24.2 Å². The first-order valence-electron chi connectivity index (χ1n) is 22.5. The number of ether oxygens (including phenoxy) is 1. The van der Waals surface area contributed by atoms with Gasteiger partial charge in [0.2, 0.25) is 17.7 Å². The molecule has 0 spiro atoms. The Balaban J connectivity index is 2.97. The average molecular weight is 798 g/mol. The molecule has 0 aromatic heterocycles. The van der Waals surface area contributed by atoms with Crippen LogP contribution in [0.4, 0.5) is 0 Å². The lowest BCUT2D eigenvalue weighted by molar-refractivity contribution is -0.291. The van der Waals surface area contributed by atoms with Crippen molar-refractivity contribution >= 4 is 23.4 Å².